The molecule has 3 nitrogen and oxygen atoms in total. The zero-order valence-corrected chi connectivity index (χ0v) is 15.1. The van der Waals surface area contributed by atoms with Crippen molar-refractivity contribution in [3.63, 3.8) is 0 Å². The Kier molecular flexibility index (Phi) is 6.09. The van der Waals surface area contributed by atoms with Crippen LogP contribution in [-0.2, 0) is 11.3 Å². The number of methoxy groups -OCH3 is 1. The third-order valence-corrected chi connectivity index (χ3v) is 4.92. The first-order valence-corrected chi connectivity index (χ1v) is 8.97. The molecule has 1 aliphatic heterocycles. The average molecular weight is 362 g/mol. The fourth-order valence-electron chi connectivity index (χ4n) is 3.16. The lowest BCUT2D eigenvalue weighted by molar-refractivity contribution is -0.0181. The highest BCUT2D eigenvalue weighted by atomic mass is 19.2. The van der Waals surface area contributed by atoms with Gasteiger partial charge in [0.15, 0.2) is 11.5 Å². The Morgan fingerprint density at radius 2 is 1.69 bits per heavy atom. The molecule has 0 saturated carbocycles. The maximum atomic E-state index is 13.9. The van der Waals surface area contributed by atoms with Crippen molar-refractivity contribution >= 4 is 0 Å². The maximum Gasteiger partial charge on any atom is 0.204 e. The molecule has 1 saturated heterocycles. The summed E-state index contributed by atoms with van der Waals surface area (Å²) in [7, 11) is 1.29. The van der Waals surface area contributed by atoms with Crippen LogP contribution in [0.5, 0.6) is 11.5 Å². The predicted octanol–water partition coefficient (Wildman–Crippen LogP) is 5.43. The van der Waals surface area contributed by atoms with Crippen molar-refractivity contribution in [2.75, 3.05) is 13.7 Å². The molecule has 2 atom stereocenters. The fraction of sp³-hybridized carbons (Fsp3) is 0.429. The van der Waals surface area contributed by atoms with Crippen LogP contribution in [0.3, 0.4) is 0 Å². The van der Waals surface area contributed by atoms with Crippen LogP contribution in [0.1, 0.15) is 43.4 Å². The van der Waals surface area contributed by atoms with Crippen LogP contribution in [-0.4, -0.2) is 13.7 Å². The van der Waals surface area contributed by atoms with E-state index in [2.05, 4.69) is 6.92 Å². The van der Waals surface area contributed by atoms with E-state index in [0.717, 1.165) is 30.6 Å². The lowest BCUT2D eigenvalue weighted by Crippen LogP contribution is -2.20. The molecule has 0 amide bonds. The Hall–Kier alpha value is -2.14. The van der Waals surface area contributed by atoms with Gasteiger partial charge >= 0.3 is 0 Å². The molecule has 0 bridgehead atoms. The molecule has 1 fully saturated rings. The first-order chi connectivity index (χ1) is 12.6. The van der Waals surface area contributed by atoms with Crippen molar-refractivity contribution < 1.29 is 23.0 Å². The van der Waals surface area contributed by atoms with Gasteiger partial charge in [-0.1, -0.05) is 37.6 Å². The van der Waals surface area contributed by atoms with Crippen molar-refractivity contribution in [1.82, 2.24) is 0 Å². The highest BCUT2D eigenvalue weighted by Gasteiger charge is 2.21. The van der Waals surface area contributed by atoms with Crippen LogP contribution in [0.2, 0.25) is 0 Å². The highest BCUT2D eigenvalue weighted by Crippen LogP contribution is 2.32. The van der Waals surface area contributed by atoms with E-state index in [1.54, 1.807) is 0 Å². The predicted molar refractivity (Wildman–Crippen MR) is 95.4 cm³/mol. The maximum absolute atomic E-state index is 13.9. The molecular formula is C21H24F2O3. The third kappa shape index (κ3) is 4.15. The lowest BCUT2D eigenvalue weighted by Gasteiger charge is -2.28. The molecule has 0 spiro atoms. The van der Waals surface area contributed by atoms with E-state index in [-0.39, 0.29) is 24.2 Å². The van der Waals surface area contributed by atoms with Crippen molar-refractivity contribution in [2.24, 2.45) is 5.92 Å². The van der Waals surface area contributed by atoms with E-state index in [0.29, 0.717) is 5.92 Å². The smallest absolute Gasteiger partial charge is 0.204 e. The van der Waals surface area contributed by atoms with E-state index in [1.165, 1.54) is 25.7 Å². The zero-order chi connectivity index (χ0) is 18.5. The van der Waals surface area contributed by atoms with Gasteiger partial charge in [0.1, 0.15) is 6.61 Å². The molecule has 140 valence electrons. The Bertz CT molecular complexity index is 723. The van der Waals surface area contributed by atoms with Gasteiger partial charge in [0, 0.05) is 0 Å². The largest absolute Gasteiger partial charge is 0.494 e. The van der Waals surface area contributed by atoms with Gasteiger partial charge in [0.25, 0.3) is 0 Å². The second-order valence-electron chi connectivity index (χ2n) is 6.60. The summed E-state index contributed by atoms with van der Waals surface area (Å²) in [5.41, 5.74) is 2.02. The molecule has 2 aromatic rings. The Balaban J connectivity index is 1.59. The van der Waals surface area contributed by atoms with Gasteiger partial charge in [-0.15, -0.1) is 0 Å². The number of benzene rings is 2. The summed E-state index contributed by atoms with van der Waals surface area (Å²) in [5, 5.41) is 0. The molecule has 0 radical (unpaired) electrons. The molecule has 1 aliphatic rings. The van der Waals surface area contributed by atoms with Crippen molar-refractivity contribution in [3.8, 4) is 11.5 Å². The van der Waals surface area contributed by atoms with Crippen LogP contribution >= 0.6 is 0 Å². The minimum absolute atomic E-state index is 0.131. The number of rotatable bonds is 6. The molecule has 3 rings (SSSR count). The van der Waals surface area contributed by atoms with Gasteiger partial charge in [-0.05, 0) is 42.0 Å². The van der Waals surface area contributed by atoms with Gasteiger partial charge in [0.05, 0.1) is 19.8 Å². The molecule has 5 heteroatoms. The van der Waals surface area contributed by atoms with E-state index < -0.39 is 11.6 Å². The summed E-state index contributed by atoms with van der Waals surface area (Å²) in [6.07, 6.45) is 3.52. The quantitative estimate of drug-likeness (QED) is 0.686. The number of halogens is 2. The molecule has 0 aromatic heterocycles. The van der Waals surface area contributed by atoms with E-state index >= 15 is 0 Å². The molecule has 2 aromatic carbocycles. The Morgan fingerprint density at radius 3 is 2.31 bits per heavy atom. The normalized spacial score (nSPS) is 20.0. The van der Waals surface area contributed by atoms with Gasteiger partial charge in [-0.2, -0.15) is 8.78 Å². The SMILES string of the molecule is CCC1CCC(c2ccc(COc3ccc(OC)c(F)c3F)cc2)OC1. The van der Waals surface area contributed by atoms with E-state index in [9.17, 15) is 8.78 Å². The summed E-state index contributed by atoms with van der Waals surface area (Å²) in [4.78, 5) is 0. The summed E-state index contributed by atoms with van der Waals surface area (Å²) in [5.74, 6) is -1.69. The third-order valence-electron chi connectivity index (χ3n) is 4.92. The van der Waals surface area contributed by atoms with Crippen LogP contribution < -0.4 is 9.47 Å². The summed E-state index contributed by atoms with van der Waals surface area (Å²) in [6.45, 7) is 3.17. The average Bonchev–Trinajstić information content (AvgIpc) is 2.70. The molecule has 0 aliphatic carbocycles. The first kappa shape index (κ1) is 18.6. The monoisotopic (exact) mass is 362 g/mol. The molecule has 0 N–H and O–H groups in total. The molecule has 2 unspecified atom stereocenters. The van der Waals surface area contributed by atoms with Crippen LogP contribution in [0.15, 0.2) is 36.4 Å². The number of ether oxygens (including phenoxy) is 3. The zero-order valence-electron chi connectivity index (χ0n) is 15.1. The standard InChI is InChI=1S/C21H24F2O3/c1-3-14-6-9-17(25-12-14)16-7-4-15(5-8-16)13-26-19-11-10-18(24-2)20(22)21(19)23/h4-5,7-8,10-11,14,17H,3,6,9,12-13H2,1-2H3. The molecular weight excluding hydrogens is 338 g/mol. The van der Waals surface area contributed by atoms with Gasteiger partial charge in [-0.3, -0.25) is 0 Å². The summed E-state index contributed by atoms with van der Waals surface area (Å²) < 4.78 is 43.7. The van der Waals surface area contributed by atoms with Crippen molar-refractivity contribution in [3.05, 3.63) is 59.2 Å². The number of hydrogen-bond donors (Lipinski definition) is 0. The van der Waals surface area contributed by atoms with Gasteiger partial charge in [-0.25, -0.2) is 0 Å². The minimum atomic E-state index is -1.04. The number of hydrogen-bond acceptors (Lipinski definition) is 3. The highest BCUT2D eigenvalue weighted by molar-refractivity contribution is 5.35. The van der Waals surface area contributed by atoms with E-state index in [4.69, 9.17) is 14.2 Å². The Labute approximate surface area is 152 Å². The Morgan fingerprint density at radius 1 is 1.00 bits per heavy atom. The van der Waals surface area contributed by atoms with Crippen molar-refractivity contribution in [1.29, 1.82) is 0 Å². The van der Waals surface area contributed by atoms with E-state index in [1.807, 2.05) is 24.3 Å². The fourth-order valence-corrected chi connectivity index (χ4v) is 3.16. The second kappa shape index (κ2) is 8.49. The summed E-state index contributed by atoms with van der Waals surface area (Å²) >= 11 is 0. The minimum Gasteiger partial charge on any atom is -0.494 e. The second-order valence-corrected chi connectivity index (χ2v) is 6.60. The summed E-state index contributed by atoms with van der Waals surface area (Å²) in [6, 6.07) is 10.6. The van der Waals surface area contributed by atoms with Crippen LogP contribution in [0.4, 0.5) is 8.78 Å². The van der Waals surface area contributed by atoms with Gasteiger partial charge in [0.2, 0.25) is 11.6 Å². The van der Waals surface area contributed by atoms with Crippen LogP contribution in [0, 0.1) is 17.6 Å². The van der Waals surface area contributed by atoms with Crippen molar-refractivity contribution in [2.45, 2.75) is 38.9 Å². The van der Waals surface area contributed by atoms with Crippen LogP contribution in [0.25, 0.3) is 0 Å². The molecule has 26 heavy (non-hydrogen) atoms. The molecule has 1 heterocycles. The lowest BCUT2D eigenvalue weighted by atomic mass is 9.93. The first-order valence-electron chi connectivity index (χ1n) is 8.97. The topological polar surface area (TPSA) is 27.7 Å². The van der Waals surface area contributed by atoms with Gasteiger partial charge < -0.3 is 14.2 Å².